The predicted molar refractivity (Wildman–Crippen MR) is 44.0 cm³/mol. The molecule has 0 spiro atoms. The van der Waals surface area contributed by atoms with Gasteiger partial charge in [-0.3, -0.25) is 0 Å². The molecule has 0 unspecified atom stereocenters. The Balaban J connectivity index is 2.46. The lowest BCUT2D eigenvalue weighted by molar-refractivity contribution is 0.0406. The predicted octanol–water partition coefficient (Wildman–Crippen LogP) is 2.19. The van der Waals surface area contributed by atoms with Crippen LogP contribution in [0.4, 0.5) is 0 Å². The van der Waals surface area contributed by atoms with Gasteiger partial charge in [-0.2, -0.15) is 0 Å². The molecule has 0 amide bonds. The molecule has 0 radical (unpaired) electrons. The van der Waals surface area contributed by atoms with Crippen molar-refractivity contribution in [1.29, 1.82) is 0 Å². The molecule has 64 valence electrons. The monoisotopic (exact) mass is 156 g/mol. The number of ether oxygens (including phenoxy) is 1. The van der Waals surface area contributed by atoms with Crippen LogP contribution in [0.25, 0.3) is 0 Å². The Labute approximate surface area is 67.9 Å². The average Bonchev–Trinajstić information content (AvgIpc) is 2.07. The zero-order valence-electron chi connectivity index (χ0n) is 7.10. The fourth-order valence-corrected chi connectivity index (χ4v) is 1.53. The lowest BCUT2D eigenvalue weighted by atomic mass is 9.94. The molecule has 11 heavy (non-hydrogen) atoms. The summed E-state index contributed by atoms with van der Waals surface area (Å²) in [6, 6.07) is 0. The summed E-state index contributed by atoms with van der Waals surface area (Å²) < 4.78 is 5.02. The van der Waals surface area contributed by atoms with E-state index in [-0.39, 0.29) is 6.79 Å². The van der Waals surface area contributed by atoms with Crippen molar-refractivity contribution in [2.24, 2.45) is 0 Å². The van der Waals surface area contributed by atoms with Gasteiger partial charge in [0, 0.05) is 0 Å². The minimum absolute atomic E-state index is 0.185. The van der Waals surface area contributed by atoms with Crippen LogP contribution in [0, 0.1) is 0 Å². The molecule has 0 aromatic rings. The minimum Gasteiger partial charge on any atom is -0.472 e. The van der Waals surface area contributed by atoms with Crippen LogP contribution in [0.3, 0.4) is 0 Å². The van der Waals surface area contributed by atoms with Crippen LogP contribution in [0.5, 0.6) is 0 Å². The van der Waals surface area contributed by atoms with Crippen molar-refractivity contribution in [3.8, 4) is 0 Å². The van der Waals surface area contributed by atoms with Gasteiger partial charge in [0.05, 0.1) is 5.76 Å². The molecule has 0 atom stereocenters. The lowest BCUT2D eigenvalue weighted by Gasteiger charge is -2.16. The third-order valence-corrected chi connectivity index (χ3v) is 2.24. The maximum atomic E-state index is 8.51. The first-order valence-electron chi connectivity index (χ1n) is 4.27. The van der Waals surface area contributed by atoms with E-state index >= 15 is 0 Å². The van der Waals surface area contributed by atoms with Gasteiger partial charge in [0.1, 0.15) is 0 Å². The van der Waals surface area contributed by atoms with E-state index in [1.54, 1.807) is 0 Å². The standard InChI is InChI=1S/C9H16O2/c1-8(11-7-10)9-5-3-2-4-6-9/h10H,2-7H2,1H3. The number of allylic oxidation sites excluding steroid dienone is 2. The summed E-state index contributed by atoms with van der Waals surface area (Å²) in [5.74, 6) is 0.937. The molecule has 0 aliphatic heterocycles. The molecule has 1 fully saturated rings. The van der Waals surface area contributed by atoms with Crippen LogP contribution in [-0.2, 0) is 4.74 Å². The molecule has 1 rings (SSSR count). The SMILES string of the molecule is CC(OCO)=C1CCCCC1. The summed E-state index contributed by atoms with van der Waals surface area (Å²) >= 11 is 0. The van der Waals surface area contributed by atoms with Crippen LogP contribution in [0.15, 0.2) is 11.3 Å². The van der Waals surface area contributed by atoms with Gasteiger partial charge in [-0.05, 0) is 38.2 Å². The highest BCUT2D eigenvalue weighted by molar-refractivity contribution is 5.08. The Morgan fingerprint density at radius 2 is 2.00 bits per heavy atom. The maximum Gasteiger partial charge on any atom is 0.185 e. The molecule has 2 nitrogen and oxygen atoms in total. The fourth-order valence-electron chi connectivity index (χ4n) is 1.53. The highest BCUT2D eigenvalue weighted by Gasteiger charge is 2.08. The molecule has 0 bridgehead atoms. The smallest absolute Gasteiger partial charge is 0.185 e. The summed E-state index contributed by atoms with van der Waals surface area (Å²) in [7, 11) is 0. The average molecular weight is 156 g/mol. The second-order valence-electron chi connectivity index (χ2n) is 2.99. The van der Waals surface area contributed by atoms with Crippen LogP contribution in [0.2, 0.25) is 0 Å². The van der Waals surface area contributed by atoms with Gasteiger partial charge in [-0.15, -0.1) is 0 Å². The van der Waals surface area contributed by atoms with E-state index < -0.39 is 0 Å². The number of rotatable bonds is 2. The third-order valence-electron chi connectivity index (χ3n) is 2.24. The zero-order valence-corrected chi connectivity index (χ0v) is 7.10. The largest absolute Gasteiger partial charge is 0.472 e. The molecule has 1 aliphatic carbocycles. The summed E-state index contributed by atoms with van der Waals surface area (Å²) in [5, 5.41) is 8.51. The summed E-state index contributed by atoms with van der Waals surface area (Å²) in [6.45, 7) is 1.76. The van der Waals surface area contributed by atoms with Crippen molar-refractivity contribution in [1.82, 2.24) is 0 Å². The topological polar surface area (TPSA) is 29.5 Å². The Morgan fingerprint density at radius 3 is 2.55 bits per heavy atom. The molecular weight excluding hydrogens is 140 g/mol. The van der Waals surface area contributed by atoms with E-state index in [1.807, 2.05) is 6.92 Å². The van der Waals surface area contributed by atoms with Gasteiger partial charge in [-0.1, -0.05) is 6.42 Å². The molecule has 0 saturated heterocycles. The minimum atomic E-state index is -0.185. The van der Waals surface area contributed by atoms with E-state index in [2.05, 4.69) is 0 Å². The van der Waals surface area contributed by atoms with Gasteiger partial charge in [0.2, 0.25) is 0 Å². The van der Waals surface area contributed by atoms with Crippen molar-refractivity contribution in [2.45, 2.75) is 39.0 Å². The maximum absolute atomic E-state index is 8.51. The lowest BCUT2D eigenvalue weighted by Crippen LogP contribution is -2.00. The van der Waals surface area contributed by atoms with Crippen molar-refractivity contribution >= 4 is 0 Å². The first-order chi connectivity index (χ1) is 5.34. The van der Waals surface area contributed by atoms with E-state index in [1.165, 1.54) is 24.8 Å². The van der Waals surface area contributed by atoms with Gasteiger partial charge < -0.3 is 9.84 Å². The van der Waals surface area contributed by atoms with Crippen molar-refractivity contribution in [3.63, 3.8) is 0 Å². The highest BCUT2D eigenvalue weighted by atomic mass is 16.6. The Kier molecular flexibility index (Phi) is 3.43. The molecule has 2 heteroatoms. The molecule has 0 aromatic carbocycles. The Morgan fingerprint density at radius 1 is 1.36 bits per heavy atom. The molecule has 1 aliphatic rings. The summed E-state index contributed by atoms with van der Waals surface area (Å²) in [6.07, 6.45) is 6.22. The van der Waals surface area contributed by atoms with Gasteiger partial charge in [-0.25, -0.2) is 0 Å². The van der Waals surface area contributed by atoms with Crippen molar-refractivity contribution < 1.29 is 9.84 Å². The molecule has 1 saturated carbocycles. The summed E-state index contributed by atoms with van der Waals surface area (Å²) in [4.78, 5) is 0. The van der Waals surface area contributed by atoms with Crippen molar-refractivity contribution in [3.05, 3.63) is 11.3 Å². The number of hydrogen-bond acceptors (Lipinski definition) is 2. The number of aliphatic hydroxyl groups excluding tert-OH is 1. The third kappa shape index (κ3) is 2.54. The first kappa shape index (κ1) is 8.60. The Bertz CT molecular complexity index is 142. The number of aliphatic hydroxyl groups is 1. The van der Waals surface area contributed by atoms with E-state index in [9.17, 15) is 0 Å². The van der Waals surface area contributed by atoms with E-state index in [0.717, 1.165) is 18.6 Å². The molecule has 1 N–H and O–H groups in total. The van der Waals surface area contributed by atoms with E-state index in [0.29, 0.717) is 0 Å². The van der Waals surface area contributed by atoms with Crippen LogP contribution >= 0.6 is 0 Å². The molecule has 0 aromatic heterocycles. The van der Waals surface area contributed by atoms with Crippen molar-refractivity contribution in [2.75, 3.05) is 6.79 Å². The van der Waals surface area contributed by atoms with Gasteiger partial charge in [0.15, 0.2) is 6.79 Å². The summed E-state index contributed by atoms with van der Waals surface area (Å²) in [5.41, 5.74) is 1.39. The van der Waals surface area contributed by atoms with Crippen LogP contribution < -0.4 is 0 Å². The highest BCUT2D eigenvalue weighted by Crippen LogP contribution is 2.25. The number of hydrogen-bond donors (Lipinski definition) is 1. The van der Waals surface area contributed by atoms with Gasteiger partial charge >= 0.3 is 0 Å². The molecule has 0 heterocycles. The second kappa shape index (κ2) is 4.39. The molecular formula is C9H16O2. The first-order valence-corrected chi connectivity index (χ1v) is 4.27. The van der Waals surface area contributed by atoms with Gasteiger partial charge in [0.25, 0.3) is 0 Å². The fraction of sp³-hybridized carbons (Fsp3) is 0.778. The quantitative estimate of drug-likeness (QED) is 0.490. The van der Waals surface area contributed by atoms with Crippen LogP contribution in [-0.4, -0.2) is 11.9 Å². The second-order valence-corrected chi connectivity index (χ2v) is 2.99. The normalized spacial score (nSPS) is 18.2. The van der Waals surface area contributed by atoms with Crippen LogP contribution in [0.1, 0.15) is 39.0 Å². The zero-order chi connectivity index (χ0) is 8.10. The van der Waals surface area contributed by atoms with E-state index in [4.69, 9.17) is 9.84 Å². The Hall–Kier alpha value is -0.500.